The highest BCUT2D eigenvalue weighted by Crippen LogP contribution is 2.29. The van der Waals surface area contributed by atoms with Crippen molar-refractivity contribution in [2.24, 2.45) is 0 Å². The van der Waals surface area contributed by atoms with Gasteiger partial charge in [0.25, 0.3) is 5.91 Å². The fraction of sp³-hybridized carbons (Fsp3) is 0.214. The number of benzene rings is 1. The zero-order valence-corrected chi connectivity index (χ0v) is 15.1. The lowest BCUT2D eigenvalue weighted by Crippen LogP contribution is -2.11. The summed E-state index contributed by atoms with van der Waals surface area (Å²) in [5, 5.41) is 12.1. The summed E-state index contributed by atoms with van der Waals surface area (Å²) in [4.78, 5) is 12.4. The van der Waals surface area contributed by atoms with E-state index in [0.29, 0.717) is 16.5 Å². The molecule has 0 saturated heterocycles. The highest BCUT2D eigenvalue weighted by Gasteiger charge is 2.19. The van der Waals surface area contributed by atoms with E-state index in [0.717, 1.165) is 25.5 Å². The first-order chi connectivity index (χ1) is 10.6. The lowest BCUT2D eigenvalue weighted by atomic mass is 10.1. The average Bonchev–Trinajstić information content (AvgIpc) is 3.04. The largest absolute Gasteiger partial charge is 0.451 e. The van der Waals surface area contributed by atoms with Gasteiger partial charge in [-0.05, 0) is 30.9 Å². The standard InChI is InChI=1S/C14H12BrN3O2S2/c1-3-21-14-18-17-13(22-14)16-12(19)11-7(2)9-5-4-8(15)6-10(9)20-11/h4-6H,3H2,1-2H3,(H,16,17,19). The van der Waals surface area contributed by atoms with Crippen LogP contribution in [-0.4, -0.2) is 21.9 Å². The number of carbonyl (C=O) groups is 1. The second kappa shape index (κ2) is 6.39. The predicted molar refractivity (Wildman–Crippen MR) is 92.9 cm³/mol. The van der Waals surface area contributed by atoms with E-state index in [4.69, 9.17) is 4.42 Å². The monoisotopic (exact) mass is 397 g/mol. The average molecular weight is 398 g/mol. The lowest BCUT2D eigenvalue weighted by Gasteiger charge is -1.98. The van der Waals surface area contributed by atoms with Gasteiger partial charge in [0.1, 0.15) is 5.58 Å². The molecule has 0 saturated carbocycles. The molecule has 3 aromatic rings. The first kappa shape index (κ1) is 15.5. The van der Waals surface area contributed by atoms with Gasteiger partial charge in [-0.3, -0.25) is 10.1 Å². The highest BCUT2D eigenvalue weighted by molar-refractivity contribution is 9.10. The minimum atomic E-state index is -0.311. The smallest absolute Gasteiger partial charge is 0.293 e. The summed E-state index contributed by atoms with van der Waals surface area (Å²) in [6.07, 6.45) is 0. The van der Waals surface area contributed by atoms with E-state index < -0.39 is 0 Å². The molecule has 0 radical (unpaired) electrons. The highest BCUT2D eigenvalue weighted by atomic mass is 79.9. The normalized spacial score (nSPS) is 11.0. The Morgan fingerprint density at radius 3 is 3.05 bits per heavy atom. The molecule has 0 aliphatic heterocycles. The van der Waals surface area contributed by atoms with Crippen molar-refractivity contribution >= 4 is 61.0 Å². The first-order valence-electron chi connectivity index (χ1n) is 6.54. The summed E-state index contributed by atoms with van der Waals surface area (Å²) in [6.45, 7) is 3.91. The number of halogens is 1. The number of anilines is 1. The third kappa shape index (κ3) is 3.04. The van der Waals surface area contributed by atoms with Gasteiger partial charge in [-0.2, -0.15) is 0 Å². The Balaban J connectivity index is 1.86. The van der Waals surface area contributed by atoms with Gasteiger partial charge in [0.15, 0.2) is 10.1 Å². The van der Waals surface area contributed by atoms with Crippen LogP contribution in [0.5, 0.6) is 0 Å². The maximum absolute atomic E-state index is 12.4. The number of aromatic nitrogens is 2. The molecule has 0 aliphatic carbocycles. The Morgan fingerprint density at radius 2 is 2.27 bits per heavy atom. The van der Waals surface area contributed by atoms with Crippen LogP contribution in [0.15, 0.2) is 31.4 Å². The summed E-state index contributed by atoms with van der Waals surface area (Å²) in [5.41, 5.74) is 1.49. The number of fused-ring (bicyclic) bond motifs is 1. The molecule has 2 aromatic heterocycles. The van der Waals surface area contributed by atoms with Crippen LogP contribution in [0, 0.1) is 6.92 Å². The fourth-order valence-electron chi connectivity index (χ4n) is 2.01. The van der Waals surface area contributed by atoms with E-state index in [1.807, 2.05) is 32.0 Å². The van der Waals surface area contributed by atoms with Crippen LogP contribution in [0.4, 0.5) is 5.13 Å². The van der Waals surface area contributed by atoms with Crippen LogP contribution >= 0.6 is 39.0 Å². The van der Waals surface area contributed by atoms with Crippen LogP contribution in [0.2, 0.25) is 0 Å². The van der Waals surface area contributed by atoms with Gasteiger partial charge in [0.05, 0.1) is 0 Å². The Hall–Kier alpha value is -1.38. The first-order valence-corrected chi connectivity index (χ1v) is 9.14. The Morgan fingerprint density at radius 1 is 1.45 bits per heavy atom. The van der Waals surface area contributed by atoms with Gasteiger partial charge in [0.2, 0.25) is 5.13 Å². The maximum atomic E-state index is 12.4. The molecule has 22 heavy (non-hydrogen) atoms. The summed E-state index contributed by atoms with van der Waals surface area (Å²) >= 11 is 6.34. The van der Waals surface area contributed by atoms with Crippen molar-refractivity contribution in [2.75, 3.05) is 11.1 Å². The van der Waals surface area contributed by atoms with Crippen molar-refractivity contribution in [3.8, 4) is 0 Å². The minimum Gasteiger partial charge on any atom is -0.451 e. The topological polar surface area (TPSA) is 68.0 Å². The van der Waals surface area contributed by atoms with Crippen molar-refractivity contribution in [2.45, 2.75) is 18.2 Å². The molecule has 1 amide bonds. The van der Waals surface area contributed by atoms with Gasteiger partial charge >= 0.3 is 0 Å². The van der Waals surface area contributed by atoms with Crippen LogP contribution in [-0.2, 0) is 0 Å². The Bertz CT molecular complexity index is 844. The van der Waals surface area contributed by atoms with E-state index in [2.05, 4.69) is 31.4 Å². The molecule has 114 valence electrons. The quantitative estimate of drug-likeness (QED) is 0.509. The molecule has 0 unspecified atom stereocenters. The van der Waals surface area contributed by atoms with Gasteiger partial charge in [-0.25, -0.2) is 0 Å². The van der Waals surface area contributed by atoms with E-state index >= 15 is 0 Å². The van der Waals surface area contributed by atoms with Crippen molar-refractivity contribution in [1.82, 2.24) is 10.2 Å². The molecule has 2 heterocycles. The SMILES string of the molecule is CCSc1nnc(NC(=O)c2oc3cc(Br)ccc3c2C)s1. The third-order valence-corrected chi connectivity index (χ3v) is 5.35. The minimum absolute atomic E-state index is 0.299. The number of hydrogen-bond acceptors (Lipinski definition) is 6. The number of rotatable bonds is 4. The van der Waals surface area contributed by atoms with Crippen LogP contribution in [0.1, 0.15) is 23.0 Å². The third-order valence-electron chi connectivity index (χ3n) is 3.00. The molecule has 0 spiro atoms. The molecule has 0 bridgehead atoms. The number of hydrogen-bond donors (Lipinski definition) is 1. The zero-order valence-electron chi connectivity index (χ0n) is 11.8. The van der Waals surface area contributed by atoms with Gasteiger partial charge in [-0.15, -0.1) is 10.2 Å². The fourth-order valence-corrected chi connectivity index (χ4v) is 4.00. The molecule has 8 heteroatoms. The number of thioether (sulfide) groups is 1. The summed E-state index contributed by atoms with van der Waals surface area (Å²) in [7, 11) is 0. The second-order valence-corrected chi connectivity index (χ2v) is 7.86. The van der Waals surface area contributed by atoms with Gasteiger partial charge < -0.3 is 4.42 Å². The molecule has 3 rings (SSSR count). The van der Waals surface area contributed by atoms with Crippen molar-refractivity contribution in [3.63, 3.8) is 0 Å². The summed E-state index contributed by atoms with van der Waals surface area (Å²) < 4.78 is 7.42. The van der Waals surface area contributed by atoms with E-state index in [1.54, 1.807) is 11.8 Å². The Labute approximate surface area is 143 Å². The molecule has 1 N–H and O–H groups in total. The number of nitrogens with one attached hydrogen (secondary N) is 1. The molecule has 0 fully saturated rings. The maximum Gasteiger partial charge on any atom is 0.293 e. The van der Waals surface area contributed by atoms with E-state index in [-0.39, 0.29) is 5.91 Å². The number of amides is 1. The molecule has 5 nitrogen and oxygen atoms in total. The predicted octanol–water partition coefficient (Wildman–Crippen LogP) is 4.72. The lowest BCUT2D eigenvalue weighted by molar-refractivity contribution is 0.0998. The zero-order chi connectivity index (χ0) is 15.7. The van der Waals surface area contributed by atoms with Crippen LogP contribution in [0.25, 0.3) is 11.0 Å². The van der Waals surface area contributed by atoms with E-state index in [1.165, 1.54) is 11.3 Å². The molecule has 1 aromatic carbocycles. The molecular weight excluding hydrogens is 386 g/mol. The van der Waals surface area contributed by atoms with Gasteiger partial charge in [0, 0.05) is 15.4 Å². The number of furan rings is 1. The van der Waals surface area contributed by atoms with Crippen molar-refractivity contribution in [1.29, 1.82) is 0 Å². The van der Waals surface area contributed by atoms with Crippen molar-refractivity contribution < 1.29 is 9.21 Å². The van der Waals surface area contributed by atoms with Crippen LogP contribution < -0.4 is 5.32 Å². The summed E-state index contributed by atoms with van der Waals surface area (Å²) in [6, 6.07) is 5.70. The number of nitrogens with zero attached hydrogens (tertiary/aromatic N) is 2. The summed E-state index contributed by atoms with van der Waals surface area (Å²) in [5.74, 6) is 0.905. The molecular formula is C14H12BrN3O2S2. The second-order valence-electron chi connectivity index (χ2n) is 4.46. The van der Waals surface area contributed by atoms with Crippen LogP contribution in [0.3, 0.4) is 0 Å². The number of aryl methyl sites for hydroxylation is 1. The van der Waals surface area contributed by atoms with Crippen molar-refractivity contribution in [3.05, 3.63) is 34.0 Å². The number of carbonyl (C=O) groups excluding carboxylic acids is 1. The van der Waals surface area contributed by atoms with Gasteiger partial charge in [-0.1, -0.05) is 46.0 Å². The molecule has 0 atom stereocenters. The van der Waals surface area contributed by atoms with E-state index in [9.17, 15) is 4.79 Å². The molecule has 0 aliphatic rings. The Kier molecular flexibility index (Phi) is 4.51.